The van der Waals surface area contributed by atoms with Crippen molar-refractivity contribution in [2.45, 2.75) is 96.4 Å². The minimum Gasteiger partial charge on any atom is -0.481 e. The smallest absolute Gasteiger partial charge is 0.303 e. The number of carboxylic acid groups (broad SMARTS) is 1. The van der Waals surface area contributed by atoms with E-state index < -0.39 is 30.2 Å². The van der Waals surface area contributed by atoms with Gasteiger partial charge < -0.3 is 14.6 Å². The number of carbonyl (C=O) groups is 2. The number of unbranched alkanes of at least 4 members (excludes halogenated alkanes) is 2. The lowest BCUT2D eigenvalue weighted by Gasteiger charge is -2.31. The summed E-state index contributed by atoms with van der Waals surface area (Å²) < 4.78 is 41.6. The van der Waals surface area contributed by atoms with Crippen molar-refractivity contribution in [3.63, 3.8) is 0 Å². The van der Waals surface area contributed by atoms with Gasteiger partial charge in [0.25, 0.3) is 5.92 Å². The fraction of sp³-hybridized carbons (Fsp3) is 0.692. The van der Waals surface area contributed by atoms with Crippen molar-refractivity contribution < 1.29 is 33.0 Å². The first-order chi connectivity index (χ1) is 15.7. The highest BCUT2D eigenvalue weighted by Gasteiger charge is 2.40. The van der Waals surface area contributed by atoms with E-state index in [1.54, 1.807) is 6.92 Å². The molecule has 0 saturated carbocycles. The lowest BCUT2D eigenvalue weighted by molar-refractivity contribution is -0.229. The maximum Gasteiger partial charge on any atom is 0.303 e. The van der Waals surface area contributed by atoms with Crippen molar-refractivity contribution in [1.82, 2.24) is 0 Å². The van der Waals surface area contributed by atoms with Crippen LogP contribution in [0.3, 0.4) is 0 Å². The van der Waals surface area contributed by atoms with Gasteiger partial charge in [0.1, 0.15) is 6.10 Å². The molecule has 7 heteroatoms. The minimum absolute atomic E-state index is 0.0601. The van der Waals surface area contributed by atoms with E-state index in [1.807, 2.05) is 19.1 Å². The fourth-order valence-electron chi connectivity index (χ4n) is 4.28. The van der Waals surface area contributed by atoms with E-state index in [1.165, 1.54) is 12.2 Å². The van der Waals surface area contributed by atoms with Gasteiger partial charge in [-0.2, -0.15) is 8.78 Å². The van der Waals surface area contributed by atoms with Crippen LogP contribution in [0.4, 0.5) is 8.78 Å². The third kappa shape index (κ3) is 9.13. The topological polar surface area (TPSA) is 72.8 Å². The Morgan fingerprint density at radius 2 is 2.12 bits per heavy atom. The van der Waals surface area contributed by atoms with Gasteiger partial charge in [0.15, 0.2) is 12.1 Å². The molecule has 0 bridgehead atoms. The summed E-state index contributed by atoms with van der Waals surface area (Å²) in [6.07, 6.45) is 11.6. The average Bonchev–Trinajstić information content (AvgIpc) is 3.04. The third-order valence-electron chi connectivity index (χ3n) is 6.24. The lowest BCUT2D eigenvalue weighted by Crippen LogP contribution is -2.39. The number of carboxylic acids is 1. The maximum absolute atomic E-state index is 15.2. The van der Waals surface area contributed by atoms with E-state index >= 15 is 8.78 Å². The second kappa shape index (κ2) is 13.8. The second-order valence-electron chi connectivity index (χ2n) is 9.01. The number of alkyl halides is 2. The van der Waals surface area contributed by atoms with Gasteiger partial charge in [-0.05, 0) is 64.0 Å². The van der Waals surface area contributed by atoms with Crippen molar-refractivity contribution in [3.05, 3.63) is 36.0 Å². The van der Waals surface area contributed by atoms with Gasteiger partial charge in [-0.15, -0.1) is 0 Å². The average molecular weight is 469 g/mol. The predicted octanol–water partition coefficient (Wildman–Crippen LogP) is 6.24. The zero-order valence-electron chi connectivity index (χ0n) is 19.8. The summed E-state index contributed by atoms with van der Waals surface area (Å²) in [4.78, 5) is 23.0. The molecule has 0 aromatic rings. The van der Waals surface area contributed by atoms with Gasteiger partial charge in [0.05, 0.1) is 0 Å². The standard InChI is InChI=1S/C26H38F2O5/c1-3-4-12-23(33-25-14-9-10-17-32-25)26(27,28)16-15-20-19(2)18-22(29)21(20)11-7-5-6-8-13-24(30)31/h5,7,15-16,18,20-21,23,25H,3-4,6,8-14,17H2,1-2H3,(H,30,31)/t20-,21+,23?,25?/m0/s1. The summed E-state index contributed by atoms with van der Waals surface area (Å²) in [5, 5.41) is 8.68. The van der Waals surface area contributed by atoms with Crippen LogP contribution in [-0.2, 0) is 19.1 Å². The van der Waals surface area contributed by atoms with Gasteiger partial charge in [-0.25, -0.2) is 0 Å². The van der Waals surface area contributed by atoms with E-state index in [2.05, 4.69) is 0 Å². The van der Waals surface area contributed by atoms with Crippen LogP contribution in [0, 0.1) is 11.8 Å². The van der Waals surface area contributed by atoms with E-state index in [0.29, 0.717) is 38.7 Å². The van der Waals surface area contributed by atoms with Gasteiger partial charge in [0.2, 0.25) is 0 Å². The number of halogens is 2. The van der Waals surface area contributed by atoms with E-state index in [-0.39, 0.29) is 24.5 Å². The summed E-state index contributed by atoms with van der Waals surface area (Å²) in [6.45, 7) is 4.29. The number of carbonyl (C=O) groups excluding carboxylic acids is 1. The molecule has 1 heterocycles. The van der Waals surface area contributed by atoms with E-state index in [9.17, 15) is 9.59 Å². The predicted molar refractivity (Wildman–Crippen MR) is 123 cm³/mol. The van der Waals surface area contributed by atoms with Crippen molar-refractivity contribution in [1.29, 1.82) is 0 Å². The number of ether oxygens (including phenoxy) is 2. The Kier molecular flexibility index (Phi) is 11.4. The molecule has 1 saturated heterocycles. The number of aliphatic carboxylic acids is 1. The van der Waals surface area contributed by atoms with Crippen LogP contribution in [0.2, 0.25) is 0 Å². The zero-order chi connectivity index (χ0) is 24.3. The van der Waals surface area contributed by atoms with Crippen molar-refractivity contribution in [2.75, 3.05) is 6.61 Å². The summed E-state index contributed by atoms with van der Waals surface area (Å²) in [7, 11) is 0. The molecule has 1 aliphatic carbocycles. The molecule has 1 aliphatic heterocycles. The molecule has 0 amide bonds. The third-order valence-corrected chi connectivity index (χ3v) is 6.24. The van der Waals surface area contributed by atoms with Gasteiger partial charge in [-0.3, -0.25) is 9.59 Å². The zero-order valence-corrected chi connectivity index (χ0v) is 19.8. The van der Waals surface area contributed by atoms with Crippen molar-refractivity contribution >= 4 is 11.8 Å². The number of rotatable bonds is 14. The summed E-state index contributed by atoms with van der Waals surface area (Å²) in [6, 6.07) is 0. The molecule has 1 N–H and O–H groups in total. The number of ketones is 1. The maximum atomic E-state index is 15.2. The lowest BCUT2D eigenvalue weighted by atomic mass is 9.87. The summed E-state index contributed by atoms with van der Waals surface area (Å²) in [5.41, 5.74) is 0.776. The molecule has 1 fully saturated rings. The Balaban J connectivity index is 2.02. The number of hydrogen-bond acceptors (Lipinski definition) is 4. The second-order valence-corrected chi connectivity index (χ2v) is 9.01. The Hall–Kier alpha value is -1.86. The molecular weight excluding hydrogens is 430 g/mol. The Morgan fingerprint density at radius 1 is 1.33 bits per heavy atom. The highest BCUT2D eigenvalue weighted by molar-refractivity contribution is 5.96. The molecule has 0 spiro atoms. The molecule has 0 aromatic carbocycles. The fourth-order valence-corrected chi connectivity index (χ4v) is 4.28. The Bertz CT molecular complexity index is 722. The van der Waals surface area contributed by atoms with Crippen molar-refractivity contribution in [2.24, 2.45) is 11.8 Å². The molecular formula is C26H38F2O5. The SMILES string of the molecule is CCCCC(OC1CCCCO1)C(F)(F)C=C[C@H]1C(C)=CC(=O)[C@@H]1CC=CCCCC(=O)O. The molecule has 5 nitrogen and oxygen atoms in total. The summed E-state index contributed by atoms with van der Waals surface area (Å²) >= 11 is 0. The summed E-state index contributed by atoms with van der Waals surface area (Å²) in [5.74, 6) is -4.86. The first-order valence-corrected chi connectivity index (χ1v) is 12.2. The first-order valence-electron chi connectivity index (χ1n) is 12.2. The quantitative estimate of drug-likeness (QED) is 0.241. The molecule has 0 aromatic heterocycles. The monoisotopic (exact) mass is 468 g/mol. The van der Waals surface area contributed by atoms with Crippen LogP contribution in [0.5, 0.6) is 0 Å². The molecule has 2 aliphatic rings. The van der Waals surface area contributed by atoms with Crippen LogP contribution in [0.25, 0.3) is 0 Å². The van der Waals surface area contributed by atoms with Crippen LogP contribution >= 0.6 is 0 Å². The van der Waals surface area contributed by atoms with Crippen LogP contribution in [0.15, 0.2) is 36.0 Å². The molecule has 2 rings (SSSR count). The van der Waals surface area contributed by atoms with Crippen LogP contribution < -0.4 is 0 Å². The Morgan fingerprint density at radius 3 is 2.79 bits per heavy atom. The molecule has 33 heavy (non-hydrogen) atoms. The van der Waals surface area contributed by atoms with Crippen LogP contribution in [-0.4, -0.2) is 41.8 Å². The largest absolute Gasteiger partial charge is 0.481 e. The highest BCUT2D eigenvalue weighted by atomic mass is 19.3. The van der Waals surface area contributed by atoms with Gasteiger partial charge in [-0.1, -0.05) is 43.6 Å². The minimum atomic E-state index is -3.17. The van der Waals surface area contributed by atoms with Gasteiger partial charge >= 0.3 is 5.97 Å². The highest BCUT2D eigenvalue weighted by Crippen LogP contribution is 2.36. The number of hydrogen-bond donors (Lipinski definition) is 1. The van der Waals surface area contributed by atoms with E-state index in [4.69, 9.17) is 14.6 Å². The molecule has 0 radical (unpaired) electrons. The molecule has 2 unspecified atom stereocenters. The normalized spacial score (nSPS) is 25.2. The van der Waals surface area contributed by atoms with E-state index in [0.717, 1.165) is 30.9 Å². The Labute approximate surface area is 195 Å². The van der Waals surface area contributed by atoms with Crippen LogP contribution in [0.1, 0.15) is 78.1 Å². The first kappa shape index (κ1) is 27.4. The molecule has 4 atom stereocenters. The van der Waals surface area contributed by atoms with Gasteiger partial charge in [0, 0.05) is 24.9 Å². The van der Waals surface area contributed by atoms with Crippen molar-refractivity contribution in [3.8, 4) is 0 Å². The number of allylic oxidation sites excluding steroid dienone is 5. The molecule has 186 valence electrons.